The van der Waals surface area contributed by atoms with Crippen LogP contribution in [-0.2, 0) is 13.5 Å². The summed E-state index contributed by atoms with van der Waals surface area (Å²) in [6.45, 7) is 5.33. The van der Waals surface area contributed by atoms with Crippen LogP contribution in [0.15, 0.2) is 24.3 Å². The van der Waals surface area contributed by atoms with Crippen LogP contribution in [-0.4, -0.2) is 40.2 Å². The van der Waals surface area contributed by atoms with Crippen molar-refractivity contribution in [2.24, 2.45) is 7.05 Å². The van der Waals surface area contributed by atoms with Gasteiger partial charge in [-0.15, -0.1) is 0 Å². The lowest BCUT2D eigenvalue weighted by Crippen LogP contribution is -2.21. The molecule has 3 rings (SSSR count). The average Bonchev–Trinajstić information content (AvgIpc) is 3.15. The minimum atomic E-state index is -0.226. The molecule has 0 aliphatic carbocycles. The van der Waals surface area contributed by atoms with E-state index in [9.17, 15) is 4.79 Å². The number of anilines is 1. The maximum Gasteiger partial charge on any atom is 0.260 e. The topological polar surface area (TPSA) is 50.2 Å². The van der Waals surface area contributed by atoms with Crippen molar-refractivity contribution < 1.29 is 4.79 Å². The zero-order valence-electron chi connectivity index (χ0n) is 14.2. The third kappa shape index (κ3) is 3.79. The fraction of sp³-hybridized carbons (Fsp3) is 0.444. The number of hydrogen-bond acceptors (Lipinski definition) is 3. The monoisotopic (exact) mass is 346 g/mol. The summed E-state index contributed by atoms with van der Waals surface area (Å²) >= 11 is 6.14. The standard InChI is InChI=1S/C18H23ClN4O/c1-13-16(17(19)22(2)21-13)18(24)20-15-7-5-14(6-8-15)9-12-23-10-3-4-11-23/h5-8H,3-4,9-12H2,1-2H3,(H,20,24). The Morgan fingerprint density at radius 3 is 2.50 bits per heavy atom. The summed E-state index contributed by atoms with van der Waals surface area (Å²) in [6, 6.07) is 8.03. The Morgan fingerprint density at radius 2 is 1.92 bits per heavy atom. The summed E-state index contributed by atoms with van der Waals surface area (Å²) in [5, 5.41) is 7.41. The molecule has 1 aromatic heterocycles. The van der Waals surface area contributed by atoms with E-state index < -0.39 is 0 Å². The van der Waals surface area contributed by atoms with E-state index >= 15 is 0 Å². The molecule has 5 nitrogen and oxygen atoms in total. The first kappa shape index (κ1) is 17.0. The maximum absolute atomic E-state index is 12.4. The van der Waals surface area contributed by atoms with E-state index in [1.54, 1.807) is 14.0 Å². The van der Waals surface area contributed by atoms with Crippen LogP contribution >= 0.6 is 11.6 Å². The second-order valence-electron chi connectivity index (χ2n) is 6.32. The quantitative estimate of drug-likeness (QED) is 0.904. The molecule has 1 aliphatic heterocycles. The molecule has 0 radical (unpaired) electrons. The molecule has 0 atom stereocenters. The number of halogens is 1. The van der Waals surface area contributed by atoms with E-state index in [-0.39, 0.29) is 5.91 Å². The summed E-state index contributed by atoms with van der Waals surface area (Å²) in [4.78, 5) is 14.9. The Morgan fingerprint density at radius 1 is 1.25 bits per heavy atom. The third-order valence-corrected chi connectivity index (χ3v) is 4.94. The van der Waals surface area contributed by atoms with Crippen molar-refractivity contribution in [2.45, 2.75) is 26.2 Å². The predicted octanol–water partition coefficient (Wildman–Crippen LogP) is 3.27. The molecular formula is C18H23ClN4O. The fourth-order valence-corrected chi connectivity index (χ4v) is 3.39. The Kier molecular flexibility index (Phi) is 5.21. The van der Waals surface area contributed by atoms with Gasteiger partial charge in [0, 0.05) is 19.3 Å². The van der Waals surface area contributed by atoms with Crippen LogP contribution in [0.2, 0.25) is 5.15 Å². The zero-order chi connectivity index (χ0) is 17.1. The number of rotatable bonds is 5. The SMILES string of the molecule is Cc1nn(C)c(Cl)c1C(=O)Nc1ccc(CCN2CCCC2)cc1. The lowest BCUT2D eigenvalue weighted by molar-refractivity contribution is 0.102. The predicted molar refractivity (Wildman–Crippen MR) is 96.7 cm³/mol. The van der Waals surface area contributed by atoms with Crippen LogP contribution in [0.3, 0.4) is 0 Å². The summed E-state index contributed by atoms with van der Waals surface area (Å²) < 4.78 is 1.51. The number of amides is 1. The normalized spacial score (nSPS) is 15.0. The van der Waals surface area contributed by atoms with Gasteiger partial charge in [-0.1, -0.05) is 23.7 Å². The lowest BCUT2D eigenvalue weighted by Gasteiger charge is -2.14. The van der Waals surface area contributed by atoms with Gasteiger partial charge in [0.05, 0.1) is 11.3 Å². The molecule has 2 aromatic rings. The van der Waals surface area contributed by atoms with Crippen LogP contribution in [0, 0.1) is 6.92 Å². The summed E-state index contributed by atoms with van der Waals surface area (Å²) in [6.07, 6.45) is 3.68. The van der Waals surface area contributed by atoms with Gasteiger partial charge in [-0.3, -0.25) is 9.48 Å². The highest BCUT2D eigenvalue weighted by atomic mass is 35.5. The van der Waals surface area contributed by atoms with E-state index in [1.807, 2.05) is 12.1 Å². The highest BCUT2D eigenvalue weighted by Crippen LogP contribution is 2.20. The van der Waals surface area contributed by atoms with Crippen molar-refractivity contribution in [3.8, 4) is 0 Å². The van der Waals surface area contributed by atoms with E-state index in [0.717, 1.165) is 18.7 Å². The average molecular weight is 347 g/mol. The fourth-order valence-electron chi connectivity index (χ4n) is 3.13. The molecule has 0 saturated carbocycles. The minimum absolute atomic E-state index is 0.226. The number of nitrogens with zero attached hydrogens (tertiary/aromatic N) is 3. The van der Waals surface area contributed by atoms with Gasteiger partial charge in [-0.2, -0.15) is 5.10 Å². The van der Waals surface area contributed by atoms with E-state index in [1.165, 1.54) is 36.2 Å². The molecule has 1 aliphatic rings. The summed E-state index contributed by atoms with van der Waals surface area (Å²) in [7, 11) is 1.72. The molecule has 0 bridgehead atoms. The minimum Gasteiger partial charge on any atom is -0.322 e. The molecule has 0 unspecified atom stereocenters. The van der Waals surface area contributed by atoms with Crippen LogP contribution in [0.4, 0.5) is 5.69 Å². The Hall–Kier alpha value is -1.85. The second-order valence-corrected chi connectivity index (χ2v) is 6.68. The molecule has 1 saturated heterocycles. The van der Waals surface area contributed by atoms with Crippen molar-refractivity contribution in [3.05, 3.63) is 46.2 Å². The van der Waals surface area contributed by atoms with Crippen molar-refractivity contribution in [3.63, 3.8) is 0 Å². The van der Waals surface area contributed by atoms with Gasteiger partial charge >= 0.3 is 0 Å². The van der Waals surface area contributed by atoms with Gasteiger partial charge in [-0.05, 0) is 57.0 Å². The van der Waals surface area contributed by atoms with E-state index in [2.05, 4.69) is 27.4 Å². The molecular weight excluding hydrogens is 324 g/mol. The number of nitrogens with one attached hydrogen (secondary N) is 1. The van der Waals surface area contributed by atoms with Gasteiger partial charge in [0.25, 0.3) is 5.91 Å². The van der Waals surface area contributed by atoms with Gasteiger partial charge < -0.3 is 10.2 Å². The lowest BCUT2D eigenvalue weighted by atomic mass is 10.1. The smallest absolute Gasteiger partial charge is 0.260 e. The molecule has 1 amide bonds. The van der Waals surface area contributed by atoms with Gasteiger partial charge in [0.15, 0.2) is 0 Å². The van der Waals surface area contributed by atoms with Crippen molar-refractivity contribution in [2.75, 3.05) is 25.0 Å². The number of benzene rings is 1. The molecule has 1 fully saturated rings. The largest absolute Gasteiger partial charge is 0.322 e. The molecule has 1 aromatic carbocycles. The number of likely N-dealkylation sites (tertiary alicyclic amines) is 1. The molecule has 1 N–H and O–H groups in total. The Bertz CT molecular complexity index is 717. The summed E-state index contributed by atoms with van der Waals surface area (Å²) in [5.74, 6) is -0.226. The molecule has 128 valence electrons. The Labute approximate surface area is 147 Å². The molecule has 0 spiro atoms. The van der Waals surface area contributed by atoms with Crippen LogP contribution < -0.4 is 5.32 Å². The van der Waals surface area contributed by atoms with Crippen LogP contribution in [0.25, 0.3) is 0 Å². The van der Waals surface area contributed by atoms with Gasteiger partial charge in [-0.25, -0.2) is 0 Å². The van der Waals surface area contributed by atoms with E-state index in [4.69, 9.17) is 11.6 Å². The van der Waals surface area contributed by atoms with Gasteiger partial charge in [0.1, 0.15) is 5.15 Å². The number of aromatic nitrogens is 2. The van der Waals surface area contributed by atoms with Crippen molar-refractivity contribution in [1.29, 1.82) is 0 Å². The van der Waals surface area contributed by atoms with E-state index in [0.29, 0.717) is 16.4 Å². The molecule has 24 heavy (non-hydrogen) atoms. The first-order chi connectivity index (χ1) is 11.5. The number of hydrogen-bond donors (Lipinski definition) is 1. The summed E-state index contributed by atoms with van der Waals surface area (Å²) in [5.41, 5.74) is 3.11. The highest BCUT2D eigenvalue weighted by molar-refractivity contribution is 6.33. The third-order valence-electron chi connectivity index (χ3n) is 4.51. The first-order valence-electron chi connectivity index (χ1n) is 8.36. The second kappa shape index (κ2) is 7.36. The van der Waals surface area contributed by atoms with Crippen LogP contribution in [0.1, 0.15) is 34.5 Å². The van der Waals surface area contributed by atoms with Crippen molar-refractivity contribution in [1.82, 2.24) is 14.7 Å². The number of carbonyl (C=O) groups is 1. The molecule has 2 heterocycles. The Balaban J connectivity index is 1.60. The first-order valence-corrected chi connectivity index (χ1v) is 8.74. The maximum atomic E-state index is 12.4. The molecule has 6 heteroatoms. The van der Waals surface area contributed by atoms with Gasteiger partial charge in [0.2, 0.25) is 0 Å². The highest BCUT2D eigenvalue weighted by Gasteiger charge is 2.19. The number of carbonyl (C=O) groups excluding carboxylic acids is 1. The number of aryl methyl sites for hydroxylation is 2. The zero-order valence-corrected chi connectivity index (χ0v) is 14.9. The van der Waals surface area contributed by atoms with Crippen LogP contribution in [0.5, 0.6) is 0 Å². The van der Waals surface area contributed by atoms with Crippen molar-refractivity contribution >= 4 is 23.2 Å².